The maximum Gasteiger partial charge on any atom is 0.126 e. The number of aliphatic hydroxyl groups is 2. The van der Waals surface area contributed by atoms with Crippen LogP contribution >= 0.6 is 0 Å². The van der Waals surface area contributed by atoms with Crippen molar-refractivity contribution in [2.45, 2.75) is 64.8 Å². The quantitative estimate of drug-likeness (QED) is 0.813. The number of nitrogens with zero attached hydrogens (tertiary/aromatic N) is 1. The van der Waals surface area contributed by atoms with Crippen molar-refractivity contribution in [3.63, 3.8) is 0 Å². The van der Waals surface area contributed by atoms with E-state index >= 15 is 0 Å². The second kappa shape index (κ2) is 7.75. The van der Waals surface area contributed by atoms with Crippen LogP contribution in [-0.2, 0) is 0 Å². The molecule has 2 aromatic carbocycles. The molecule has 4 rings (SSSR count). The van der Waals surface area contributed by atoms with Gasteiger partial charge in [0.15, 0.2) is 0 Å². The lowest BCUT2D eigenvalue weighted by atomic mass is 9.81. The molecule has 1 spiro atoms. The molecule has 156 valence electrons. The molecule has 0 unspecified atom stereocenters. The predicted octanol–water partition coefficient (Wildman–Crippen LogP) is 4.30. The molecule has 0 aliphatic carbocycles. The van der Waals surface area contributed by atoms with Crippen LogP contribution in [0.15, 0.2) is 30.3 Å². The highest BCUT2D eigenvalue weighted by atomic mass is 16.5. The molecule has 0 radical (unpaired) electrons. The average Bonchev–Trinajstić information content (AvgIpc) is 2.68. The molecule has 2 N–H and O–H groups in total. The van der Waals surface area contributed by atoms with Crippen LogP contribution in [0.5, 0.6) is 5.75 Å². The standard InChI is InChI=1S/C25H33NO3/c1-16-5-6-20(11-17(16)2)23(28)15-26-9-7-25(8-10-26)14-22(27)21-12-18(3)19(4)13-24(21)29-25/h5-6,11-13,22-23,27-28H,7-10,14-15H2,1-4H3/t22-,23-/m1/s1. The van der Waals surface area contributed by atoms with Crippen molar-refractivity contribution < 1.29 is 14.9 Å². The van der Waals surface area contributed by atoms with Gasteiger partial charge in [-0.25, -0.2) is 0 Å². The minimum atomic E-state index is -0.479. The molecule has 2 aromatic rings. The molecule has 0 bridgehead atoms. The number of aryl methyl sites for hydroxylation is 4. The van der Waals surface area contributed by atoms with Gasteiger partial charge in [0, 0.05) is 31.6 Å². The molecule has 29 heavy (non-hydrogen) atoms. The van der Waals surface area contributed by atoms with E-state index in [1.807, 2.05) is 6.07 Å². The molecule has 2 heterocycles. The Hall–Kier alpha value is -1.88. The number of β-amino-alcohol motifs (C(OH)–C–C–N with tert-alkyl or cyclic N) is 1. The molecule has 4 heteroatoms. The third-order valence-electron chi connectivity index (χ3n) is 6.99. The molecule has 0 saturated carbocycles. The molecular weight excluding hydrogens is 362 g/mol. The SMILES string of the molecule is Cc1ccc([C@H](O)CN2CCC3(CC2)C[C@@H](O)c2cc(C)c(C)cc2O3)cc1C. The lowest BCUT2D eigenvalue weighted by Gasteiger charge is -2.46. The summed E-state index contributed by atoms with van der Waals surface area (Å²) >= 11 is 0. The maximum atomic E-state index is 10.8. The first kappa shape index (κ1) is 20.4. The second-order valence-electron chi connectivity index (χ2n) is 9.14. The van der Waals surface area contributed by atoms with Crippen molar-refractivity contribution in [2.75, 3.05) is 19.6 Å². The van der Waals surface area contributed by atoms with Crippen molar-refractivity contribution in [3.8, 4) is 5.75 Å². The number of ether oxygens (including phenoxy) is 1. The molecular formula is C25H33NO3. The normalized spacial score (nSPS) is 22.2. The van der Waals surface area contributed by atoms with Gasteiger partial charge in [-0.2, -0.15) is 0 Å². The van der Waals surface area contributed by atoms with Gasteiger partial charge in [0.1, 0.15) is 11.4 Å². The highest BCUT2D eigenvalue weighted by Gasteiger charge is 2.43. The van der Waals surface area contributed by atoms with E-state index in [0.717, 1.165) is 42.8 Å². The van der Waals surface area contributed by atoms with Crippen LogP contribution in [0, 0.1) is 27.7 Å². The Bertz CT molecular complexity index is 899. The summed E-state index contributed by atoms with van der Waals surface area (Å²) in [5.74, 6) is 0.843. The van der Waals surface area contributed by atoms with E-state index < -0.39 is 12.2 Å². The van der Waals surface area contributed by atoms with Gasteiger partial charge >= 0.3 is 0 Å². The monoisotopic (exact) mass is 395 g/mol. The summed E-state index contributed by atoms with van der Waals surface area (Å²) in [5, 5.41) is 21.5. The first-order valence-corrected chi connectivity index (χ1v) is 10.7. The fourth-order valence-electron chi connectivity index (χ4n) is 4.67. The van der Waals surface area contributed by atoms with Crippen molar-refractivity contribution in [2.24, 2.45) is 0 Å². The highest BCUT2D eigenvalue weighted by molar-refractivity contribution is 5.45. The lowest BCUT2D eigenvalue weighted by Crippen LogP contribution is -2.51. The van der Waals surface area contributed by atoms with E-state index in [0.29, 0.717) is 13.0 Å². The predicted molar refractivity (Wildman–Crippen MR) is 115 cm³/mol. The van der Waals surface area contributed by atoms with E-state index in [2.05, 4.69) is 56.9 Å². The minimum Gasteiger partial charge on any atom is -0.487 e. The Balaban J connectivity index is 1.41. The molecule has 1 fully saturated rings. The topological polar surface area (TPSA) is 52.9 Å². The van der Waals surface area contributed by atoms with Crippen LogP contribution in [-0.4, -0.2) is 40.3 Å². The largest absolute Gasteiger partial charge is 0.487 e. The van der Waals surface area contributed by atoms with Crippen molar-refractivity contribution in [1.82, 2.24) is 4.90 Å². The van der Waals surface area contributed by atoms with Crippen LogP contribution in [0.3, 0.4) is 0 Å². The molecule has 4 nitrogen and oxygen atoms in total. The number of benzene rings is 2. The summed E-state index contributed by atoms with van der Waals surface area (Å²) in [4.78, 5) is 2.32. The number of likely N-dealkylation sites (tertiary alicyclic amines) is 1. The van der Waals surface area contributed by atoms with Crippen molar-refractivity contribution >= 4 is 0 Å². The number of rotatable bonds is 3. The molecule has 0 amide bonds. The van der Waals surface area contributed by atoms with Crippen LogP contribution in [0.1, 0.15) is 64.9 Å². The van der Waals surface area contributed by atoms with Crippen LogP contribution in [0.4, 0.5) is 0 Å². The van der Waals surface area contributed by atoms with Crippen molar-refractivity contribution in [1.29, 1.82) is 0 Å². The van der Waals surface area contributed by atoms with E-state index in [1.165, 1.54) is 22.3 Å². The van der Waals surface area contributed by atoms with Gasteiger partial charge in [0.05, 0.1) is 12.2 Å². The molecule has 1 saturated heterocycles. The molecule has 0 aromatic heterocycles. The Morgan fingerprint density at radius 2 is 1.66 bits per heavy atom. The third-order valence-corrected chi connectivity index (χ3v) is 6.99. The fourth-order valence-corrected chi connectivity index (χ4v) is 4.67. The zero-order chi connectivity index (χ0) is 20.8. The van der Waals surface area contributed by atoms with Gasteiger partial charge in [-0.1, -0.05) is 18.2 Å². The Morgan fingerprint density at radius 3 is 2.34 bits per heavy atom. The van der Waals surface area contributed by atoms with Gasteiger partial charge < -0.3 is 19.8 Å². The van der Waals surface area contributed by atoms with E-state index in [9.17, 15) is 10.2 Å². The number of aliphatic hydroxyl groups excluding tert-OH is 2. The number of fused-ring (bicyclic) bond motifs is 1. The van der Waals surface area contributed by atoms with Gasteiger partial charge in [0.25, 0.3) is 0 Å². The zero-order valence-corrected chi connectivity index (χ0v) is 18.0. The first-order valence-electron chi connectivity index (χ1n) is 10.7. The fraction of sp³-hybridized carbons (Fsp3) is 0.520. The molecule has 2 atom stereocenters. The van der Waals surface area contributed by atoms with E-state index in [-0.39, 0.29) is 5.60 Å². The Morgan fingerprint density at radius 1 is 1.00 bits per heavy atom. The average molecular weight is 396 g/mol. The summed E-state index contributed by atoms with van der Waals surface area (Å²) in [5.41, 5.74) is 6.46. The van der Waals surface area contributed by atoms with Crippen LogP contribution in [0.2, 0.25) is 0 Å². The van der Waals surface area contributed by atoms with Crippen LogP contribution < -0.4 is 4.74 Å². The van der Waals surface area contributed by atoms with Gasteiger partial charge in [-0.15, -0.1) is 0 Å². The van der Waals surface area contributed by atoms with E-state index in [4.69, 9.17) is 4.74 Å². The number of hydrogen-bond donors (Lipinski definition) is 2. The minimum absolute atomic E-state index is 0.296. The smallest absolute Gasteiger partial charge is 0.126 e. The number of hydrogen-bond acceptors (Lipinski definition) is 4. The number of piperidine rings is 1. The summed E-state index contributed by atoms with van der Waals surface area (Å²) < 4.78 is 6.48. The lowest BCUT2D eigenvalue weighted by molar-refractivity contribution is -0.0588. The zero-order valence-electron chi connectivity index (χ0n) is 18.0. The summed E-state index contributed by atoms with van der Waals surface area (Å²) in [6.07, 6.45) is 1.45. The highest BCUT2D eigenvalue weighted by Crippen LogP contribution is 2.45. The summed E-state index contributed by atoms with van der Waals surface area (Å²) in [6, 6.07) is 10.3. The maximum absolute atomic E-state index is 10.8. The Labute approximate surface area is 174 Å². The first-order chi connectivity index (χ1) is 13.8. The summed E-state index contributed by atoms with van der Waals surface area (Å²) in [7, 11) is 0. The molecule has 2 aliphatic rings. The van der Waals surface area contributed by atoms with Crippen molar-refractivity contribution in [3.05, 3.63) is 63.7 Å². The third kappa shape index (κ3) is 4.07. The van der Waals surface area contributed by atoms with Crippen LogP contribution in [0.25, 0.3) is 0 Å². The molecule has 2 aliphatic heterocycles. The second-order valence-corrected chi connectivity index (χ2v) is 9.14. The van der Waals surface area contributed by atoms with Gasteiger partial charge in [0.2, 0.25) is 0 Å². The van der Waals surface area contributed by atoms with Gasteiger partial charge in [-0.3, -0.25) is 0 Å². The van der Waals surface area contributed by atoms with Gasteiger partial charge in [-0.05, 0) is 80.5 Å². The van der Waals surface area contributed by atoms with E-state index in [1.54, 1.807) is 0 Å². The summed E-state index contributed by atoms with van der Waals surface area (Å²) in [6.45, 7) is 10.7. The Kier molecular flexibility index (Phi) is 5.45.